The Balaban J connectivity index is 1.83. The largest absolute Gasteiger partial charge is 0.328 e. The van der Waals surface area contributed by atoms with Gasteiger partial charge in [-0.25, -0.2) is 4.98 Å². The third kappa shape index (κ3) is 1.59. The topological polar surface area (TPSA) is 41.6 Å². The second-order valence-corrected chi connectivity index (χ2v) is 5.95. The zero-order valence-electron chi connectivity index (χ0n) is 11.1. The van der Waals surface area contributed by atoms with Gasteiger partial charge in [0.2, 0.25) is 0 Å². The number of aryl methyl sites for hydroxylation is 1. The molecule has 0 N–H and O–H groups in total. The lowest BCUT2D eigenvalue weighted by molar-refractivity contribution is 0.556. The van der Waals surface area contributed by atoms with Gasteiger partial charge in [-0.1, -0.05) is 0 Å². The molecule has 1 aromatic heterocycles. The van der Waals surface area contributed by atoms with Crippen molar-refractivity contribution in [3.05, 3.63) is 29.6 Å². The summed E-state index contributed by atoms with van der Waals surface area (Å²) >= 11 is 0. The monoisotopic (exact) mass is 251 g/mol. The predicted molar refractivity (Wildman–Crippen MR) is 73.7 cm³/mol. The summed E-state index contributed by atoms with van der Waals surface area (Å²) in [4.78, 5) is 4.84. The van der Waals surface area contributed by atoms with E-state index in [1.54, 1.807) is 0 Å². The Bertz CT molecular complexity index is 682. The standard InChI is InChI=1S/C16H17N3/c1-2-19-15-4-3-10(9-17)5-14(15)18-16(19)13-7-11-6-12(11)8-13/h3-5,11-13H,2,6-8H2,1H3. The highest BCUT2D eigenvalue weighted by Crippen LogP contribution is 2.57. The first-order chi connectivity index (χ1) is 9.30. The molecule has 1 aromatic carbocycles. The Morgan fingerprint density at radius 3 is 2.79 bits per heavy atom. The molecule has 2 saturated carbocycles. The first-order valence-corrected chi connectivity index (χ1v) is 7.20. The van der Waals surface area contributed by atoms with Crippen molar-refractivity contribution in [3.8, 4) is 6.07 Å². The van der Waals surface area contributed by atoms with Crippen LogP contribution in [0.2, 0.25) is 0 Å². The Morgan fingerprint density at radius 2 is 2.11 bits per heavy atom. The van der Waals surface area contributed by atoms with Crippen molar-refractivity contribution in [1.82, 2.24) is 9.55 Å². The van der Waals surface area contributed by atoms with E-state index >= 15 is 0 Å². The molecule has 0 saturated heterocycles. The number of rotatable bonds is 2. The number of imidazole rings is 1. The fourth-order valence-electron chi connectivity index (χ4n) is 3.79. The zero-order chi connectivity index (χ0) is 13.0. The minimum absolute atomic E-state index is 0.640. The van der Waals surface area contributed by atoms with Crippen LogP contribution in [0.4, 0.5) is 0 Å². The molecular formula is C16H17N3. The lowest BCUT2D eigenvalue weighted by Gasteiger charge is -2.13. The number of aromatic nitrogens is 2. The molecule has 96 valence electrons. The van der Waals surface area contributed by atoms with Gasteiger partial charge in [-0.2, -0.15) is 5.26 Å². The van der Waals surface area contributed by atoms with E-state index < -0.39 is 0 Å². The highest BCUT2D eigenvalue weighted by atomic mass is 15.1. The lowest BCUT2D eigenvalue weighted by atomic mass is 10.0. The average Bonchev–Trinajstić information content (AvgIpc) is 2.90. The highest BCUT2D eigenvalue weighted by molar-refractivity contribution is 5.78. The van der Waals surface area contributed by atoms with E-state index in [0.717, 1.165) is 23.9 Å². The Kier molecular flexibility index (Phi) is 2.23. The predicted octanol–water partition coefficient (Wildman–Crippen LogP) is 3.44. The number of nitrogens with zero attached hydrogens (tertiary/aromatic N) is 3. The van der Waals surface area contributed by atoms with Crippen molar-refractivity contribution in [2.24, 2.45) is 11.8 Å². The van der Waals surface area contributed by atoms with Gasteiger partial charge in [-0.3, -0.25) is 0 Å². The van der Waals surface area contributed by atoms with Crippen LogP contribution in [0.25, 0.3) is 11.0 Å². The molecule has 19 heavy (non-hydrogen) atoms. The molecule has 2 aromatic rings. The minimum atomic E-state index is 0.640. The van der Waals surface area contributed by atoms with E-state index in [-0.39, 0.29) is 0 Å². The summed E-state index contributed by atoms with van der Waals surface area (Å²) in [6, 6.07) is 8.06. The SMILES string of the molecule is CCn1c(C2CC3CC3C2)nc2cc(C#N)ccc21. The fourth-order valence-corrected chi connectivity index (χ4v) is 3.79. The lowest BCUT2D eigenvalue weighted by Crippen LogP contribution is -2.07. The van der Waals surface area contributed by atoms with Crippen LogP contribution in [0, 0.1) is 23.2 Å². The van der Waals surface area contributed by atoms with Crippen LogP contribution in [0.1, 0.15) is 43.5 Å². The Morgan fingerprint density at radius 1 is 1.32 bits per heavy atom. The van der Waals surface area contributed by atoms with Crippen molar-refractivity contribution in [3.63, 3.8) is 0 Å². The van der Waals surface area contributed by atoms with Crippen molar-refractivity contribution < 1.29 is 0 Å². The molecule has 2 aliphatic rings. The summed E-state index contributed by atoms with van der Waals surface area (Å²) in [5.41, 5.74) is 2.86. The number of nitriles is 1. The van der Waals surface area contributed by atoms with E-state index in [2.05, 4.69) is 17.6 Å². The maximum Gasteiger partial charge on any atom is 0.113 e. The molecule has 4 rings (SSSR count). The third-order valence-corrected chi connectivity index (χ3v) is 4.83. The second kappa shape index (κ2) is 3.84. The molecule has 0 amide bonds. The Hall–Kier alpha value is -1.82. The van der Waals surface area contributed by atoms with Gasteiger partial charge in [0, 0.05) is 12.5 Å². The molecule has 3 nitrogen and oxygen atoms in total. The van der Waals surface area contributed by atoms with E-state index in [1.165, 1.54) is 30.6 Å². The molecule has 0 bridgehead atoms. The van der Waals surface area contributed by atoms with E-state index in [1.807, 2.05) is 18.2 Å². The smallest absolute Gasteiger partial charge is 0.113 e. The van der Waals surface area contributed by atoms with E-state index in [9.17, 15) is 0 Å². The van der Waals surface area contributed by atoms with Crippen LogP contribution in [0.3, 0.4) is 0 Å². The first kappa shape index (κ1) is 11.0. The summed E-state index contributed by atoms with van der Waals surface area (Å²) in [6.45, 7) is 3.14. The summed E-state index contributed by atoms with van der Waals surface area (Å²) in [6.07, 6.45) is 4.08. The average molecular weight is 251 g/mol. The third-order valence-electron chi connectivity index (χ3n) is 4.83. The van der Waals surface area contributed by atoms with E-state index in [4.69, 9.17) is 10.2 Å². The molecule has 0 aliphatic heterocycles. The van der Waals surface area contributed by atoms with Crippen LogP contribution in [0.5, 0.6) is 0 Å². The first-order valence-electron chi connectivity index (χ1n) is 7.20. The summed E-state index contributed by atoms with van der Waals surface area (Å²) in [5.74, 6) is 3.84. The number of hydrogen-bond donors (Lipinski definition) is 0. The van der Waals surface area contributed by atoms with Crippen molar-refractivity contribution in [1.29, 1.82) is 5.26 Å². The van der Waals surface area contributed by atoms with Crippen LogP contribution < -0.4 is 0 Å². The molecule has 2 fully saturated rings. The van der Waals surface area contributed by atoms with Crippen LogP contribution >= 0.6 is 0 Å². The molecule has 0 spiro atoms. The second-order valence-electron chi connectivity index (χ2n) is 5.95. The maximum absolute atomic E-state index is 9.00. The summed E-state index contributed by atoms with van der Waals surface area (Å²) in [5, 5.41) is 9.00. The quantitative estimate of drug-likeness (QED) is 0.820. The van der Waals surface area contributed by atoms with Gasteiger partial charge < -0.3 is 4.57 Å². The molecule has 3 heteroatoms. The normalized spacial score (nSPS) is 28.3. The molecule has 2 unspecified atom stereocenters. The van der Waals surface area contributed by atoms with Crippen molar-refractivity contribution >= 4 is 11.0 Å². The van der Waals surface area contributed by atoms with Gasteiger partial charge in [0.15, 0.2) is 0 Å². The van der Waals surface area contributed by atoms with Gasteiger partial charge in [0.25, 0.3) is 0 Å². The number of benzene rings is 1. The highest BCUT2D eigenvalue weighted by Gasteiger charge is 2.47. The summed E-state index contributed by atoms with van der Waals surface area (Å²) in [7, 11) is 0. The van der Waals surface area contributed by atoms with Gasteiger partial charge in [-0.05, 0) is 56.2 Å². The molecule has 2 atom stereocenters. The molecular weight excluding hydrogens is 234 g/mol. The van der Waals surface area contributed by atoms with Gasteiger partial charge in [-0.15, -0.1) is 0 Å². The minimum Gasteiger partial charge on any atom is -0.328 e. The fraction of sp³-hybridized carbons (Fsp3) is 0.500. The van der Waals surface area contributed by atoms with Crippen LogP contribution in [0.15, 0.2) is 18.2 Å². The summed E-state index contributed by atoms with van der Waals surface area (Å²) < 4.78 is 2.34. The number of fused-ring (bicyclic) bond motifs is 2. The van der Waals surface area contributed by atoms with Crippen molar-refractivity contribution in [2.75, 3.05) is 0 Å². The zero-order valence-corrected chi connectivity index (χ0v) is 11.1. The van der Waals surface area contributed by atoms with Crippen molar-refractivity contribution in [2.45, 2.75) is 38.6 Å². The van der Waals surface area contributed by atoms with Crippen LogP contribution in [-0.4, -0.2) is 9.55 Å². The van der Waals surface area contributed by atoms with Gasteiger partial charge >= 0.3 is 0 Å². The van der Waals surface area contributed by atoms with Crippen LogP contribution in [-0.2, 0) is 6.54 Å². The molecule has 2 aliphatic carbocycles. The van der Waals surface area contributed by atoms with Gasteiger partial charge in [0.05, 0.1) is 22.7 Å². The maximum atomic E-state index is 9.00. The number of hydrogen-bond acceptors (Lipinski definition) is 2. The van der Waals surface area contributed by atoms with Gasteiger partial charge in [0.1, 0.15) is 5.82 Å². The Labute approximate surface area is 112 Å². The molecule has 1 heterocycles. The molecule has 0 radical (unpaired) electrons. The van der Waals surface area contributed by atoms with E-state index in [0.29, 0.717) is 11.5 Å².